The highest BCUT2D eigenvalue weighted by Crippen LogP contribution is 2.19. The number of H-pyrrole nitrogens is 1. The highest BCUT2D eigenvalue weighted by molar-refractivity contribution is 7.98. The first-order valence-corrected chi connectivity index (χ1v) is 13.9. The quantitative estimate of drug-likeness (QED) is 0.119. The van der Waals surface area contributed by atoms with Gasteiger partial charge < -0.3 is 42.6 Å². The van der Waals surface area contributed by atoms with E-state index in [-0.39, 0.29) is 12.8 Å². The fourth-order valence-corrected chi connectivity index (χ4v) is 4.35. The summed E-state index contributed by atoms with van der Waals surface area (Å²) in [4.78, 5) is 53.3. The lowest BCUT2D eigenvalue weighted by molar-refractivity contribution is -0.142. The number of benzene rings is 1. The summed E-state index contributed by atoms with van der Waals surface area (Å²) in [5.74, 6) is -2.76. The van der Waals surface area contributed by atoms with Crippen LogP contribution in [0.3, 0.4) is 0 Å². The first-order chi connectivity index (χ1) is 18.2. The van der Waals surface area contributed by atoms with Crippen molar-refractivity contribution in [2.75, 3.05) is 25.2 Å². The van der Waals surface area contributed by atoms with E-state index in [9.17, 15) is 29.4 Å². The van der Waals surface area contributed by atoms with Crippen LogP contribution >= 0.6 is 11.8 Å². The van der Waals surface area contributed by atoms with E-state index in [0.29, 0.717) is 30.7 Å². The number of unbranched alkanes of at least 4 members (excludes halogenated alkanes) is 1. The number of nitrogens with one attached hydrogen (secondary N) is 4. The van der Waals surface area contributed by atoms with Gasteiger partial charge in [-0.25, -0.2) is 4.79 Å². The minimum Gasteiger partial charge on any atom is -0.480 e. The van der Waals surface area contributed by atoms with Gasteiger partial charge in [0.05, 0.1) is 12.6 Å². The van der Waals surface area contributed by atoms with E-state index in [1.54, 1.807) is 6.20 Å². The fourth-order valence-electron chi connectivity index (χ4n) is 3.88. The topological polar surface area (TPSA) is 213 Å². The van der Waals surface area contributed by atoms with Gasteiger partial charge in [0.25, 0.3) is 0 Å². The Bertz CT molecular complexity index is 1080. The lowest BCUT2D eigenvalue weighted by Crippen LogP contribution is -2.58. The lowest BCUT2D eigenvalue weighted by atomic mass is 10.0. The molecule has 12 nitrogen and oxygen atoms in total. The highest BCUT2D eigenvalue weighted by Gasteiger charge is 2.30. The Balaban J connectivity index is 2.04. The van der Waals surface area contributed by atoms with Gasteiger partial charge in [-0.3, -0.25) is 14.4 Å². The van der Waals surface area contributed by atoms with Gasteiger partial charge in [0, 0.05) is 23.5 Å². The van der Waals surface area contributed by atoms with Crippen LogP contribution < -0.4 is 27.4 Å². The zero-order chi connectivity index (χ0) is 28.1. The van der Waals surface area contributed by atoms with Crippen molar-refractivity contribution in [1.29, 1.82) is 0 Å². The van der Waals surface area contributed by atoms with Crippen LogP contribution in [0.15, 0.2) is 30.5 Å². The number of fused-ring (bicyclic) bond motifs is 1. The number of thioether (sulfide) groups is 1. The van der Waals surface area contributed by atoms with Crippen molar-refractivity contribution in [1.82, 2.24) is 20.9 Å². The van der Waals surface area contributed by atoms with E-state index < -0.39 is 54.5 Å². The third-order valence-corrected chi connectivity index (χ3v) is 6.72. The van der Waals surface area contributed by atoms with Gasteiger partial charge in [0.1, 0.15) is 18.1 Å². The number of carboxylic acids is 1. The second-order valence-corrected chi connectivity index (χ2v) is 9.93. The van der Waals surface area contributed by atoms with Gasteiger partial charge in [0.15, 0.2) is 0 Å². The molecule has 0 aliphatic rings. The Morgan fingerprint density at radius 3 is 2.29 bits per heavy atom. The predicted molar refractivity (Wildman–Crippen MR) is 146 cm³/mol. The number of aliphatic carboxylic acids is 1. The van der Waals surface area contributed by atoms with Crippen molar-refractivity contribution in [2.45, 2.75) is 56.3 Å². The summed E-state index contributed by atoms with van der Waals surface area (Å²) in [5, 5.41) is 27.8. The molecule has 1 aromatic heterocycles. The molecular formula is C25H38N6O6S. The van der Waals surface area contributed by atoms with Crippen molar-refractivity contribution in [3.05, 3.63) is 36.0 Å². The standard InChI is InChI=1S/C25H38N6O6S/c1-38-11-9-19(29-22(33)17(27)7-4-5-10-26)23(34)31-21(14-32)24(35)30-20(25(36)37)12-15-13-28-18-8-3-2-6-16(15)18/h2-3,6,8,13,17,19-21,28,32H,4-5,7,9-12,14,26-27H2,1H3,(H,29,33)(H,30,35)(H,31,34)(H,36,37). The molecule has 0 saturated carbocycles. The maximum absolute atomic E-state index is 13.0. The molecule has 3 amide bonds. The van der Waals surface area contributed by atoms with Crippen LogP contribution in [0.2, 0.25) is 0 Å². The zero-order valence-corrected chi connectivity index (χ0v) is 22.3. The molecule has 0 bridgehead atoms. The van der Waals surface area contributed by atoms with Gasteiger partial charge in [-0.1, -0.05) is 24.6 Å². The molecule has 0 saturated heterocycles. The Hall–Kier alpha value is -3.13. The maximum atomic E-state index is 13.0. The number of aliphatic hydroxyl groups excluding tert-OH is 1. The third kappa shape index (κ3) is 9.31. The van der Waals surface area contributed by atoms with Crippen molar-refractivity contribution in [3.8, 4) is 0 Å². The molecule has 0 spiro atoms. The molecule has 0 fully saturated rings. The van der Waals surface area contributed by atoms with Crippen LogP contribution in [0.5, 0.6) is 0 Å². The molecular weight excluding hydrogens is 512 g/mol. The van der Waals surface area contributed by atoms with Crippen LogP contribution in [0, 0.1) is 0 Å². The summed E-state index contributed by atoms with van der Waals surface area (Å²) in [7, 11) is 0. The van der Waals surface area contributed by atoms with Crippen LogP contribution in [-0.2, 0) is 25.6 Å². The minimum absolute atomic E-state index is 0.00830. The number of aromatic amines is 1. The number of hydrogen-bond donors (Lipinski definition) is 8. The molecule has 4 atom stereocenters. The molecule has 1 aromatic carbocycles. The lowest BCUT2D eigenvalue weighted by Gasteiger charge is -2.24. The van der Waals surface area contributed by atoms with Gasteiger partial charge >= 0.3 is 5.97 Å². The van der Waals surface area contributed by atoms with Crippen molar-refractivity contribution in [3.63, 3.8) is 0 Å². The Labute approximate surface area is 225 Å². The largest absolute Gasteiger partial charge is 0.480 e. The van der Waals surface area contributed by atoms with E-state index >= 15 is 0 Å². The number of aliphatic hydroxyl groups is 1. The minimum atomic E-state index is -1.42. The molecule has 210 valence electrons. The summed E-state index contributed by atoms with van der Waals surface area (Å²) < 4.78 is 0. The van der Waals surface area contributed by atoms with Crippen LogP contribution in [-0.4, -0.2) is 88.2 Å². The first kappa shape index (κ1) is 31.1. The van der Waals surface area contributed by atoms with Gasteiger partial charge in [-0.15, -0.1) is 0 Å². The number of carbonyl (C=O) groups is 4. The summed E-state index contributed by atoms with van der Waals surface area (Å²) in [5.41, 5.74) is 12.9. The van der Waals surface area contributed by atoms with E-state index in [1.807, 2.05) is 30.5 Å². The van der Waals surface area contributed by atoms with Gasteiger partial charge in [0.2, 0.25) is 17.7 Å². The average Bonchev–Trinajstić information content (AvgIpc) is 3.31. The number of aromatic nitrogens is 1. The molecule has 0 aliphatic heterocycles. The number of amides is 3. The average molecular weight is 551 g/mol. The molecule has 2 rings (SSSR count). The molecule has 10 N–H and O–H groups in total. The van der Waals surface area contributed by atoms with Crippen LogP contribution in [0.1, 0.15) is 31.2 Å². The van der Waals surface area contributed by atoms with Crippen LogP contribution in [0.25, 0.3) is 10.9 Å². The molecule has 1 heterocycles. The van der Waals surface area contributed by atoms with Crippen molar-refractivity contribution < 1.29 is 29.4 Å². The second kappa shape index (κ2) is 16.0. The molecule has 4 unspecified atom stereocenters. The molecule has 2 aromatic rings. The van der Waals surface area contributed by atoms with Crippen LogP contribution in [0.4, 0.5) is 0 Å². The Morgan fingerprint density at radius 1 is 0.974 bits per heavy atom. The second-order valence-electron chi connectivity index (χ2n) is 8.94. The van der Waals surface area contributed by atoms with E-state index in [0.717, 1.165) is 17.3 Å². The monoisotopic (exact) mass is 550 g/mol. The zero-order valence-electron chi connectivity index (χ0n) is 21.4. The summed E-state index contributed by atoms with van der Waals surface area (Å²) in [6, 6.07) is 2.84. The third-order valence-electron chi connectivity index (χ3n) is 6.08. The molecule has 0 aliphatic carbocycles. The van der Waals surface area contributed by atoms with Gasteiger partial charge in [-0.05, 0) is 49.4 Å². The summed E-state index contributed by atoms with van der Waals surface area (Å²) in [6.07, 6.45) is 5.59. The highest BCUT2D eigenvalue weighted by atomic mass is 32.2. The maximum Gasteiger partial charge on any atom is 0.326 e. The van der Waals surface area contributed by atoms with E-state index in [2.05, 4.69) is 20.9 Å². The van der Waals surface area contributed by atoms with Gasteiger partial charge in [-0.2, -0.15) is 11.8 Å². The SMILES string of the molecule is CSCCC(NC(=O)C(N)CCCCN)C(=O)NC(CO)C(=O)NC(Cc1c[nH]c2ccccc12)C(=O)O. The summed E-state index contributed by atoms with van der Waals surface area (Å²) >= 11 is 1.47. The van der Waals surface area contributed by atoms with E-state index in [4.69, 9.17) is 11.5 Å². The predicted octanol–water partition coefficient (Wildman–Crippen LogP) is -0.549. The number of carboxylic acid groups (broad SMARTS) is 1. The van der Waals surface area contributed by atoms with Crippen molar-refractivity contribution >= 4 is 46.4 Å². The molecule has 38 heavy (non-hydrogen) atoms. The normalized spacial score (nSPS) is 14.3. The van der Waals surface area contributed by atoms with Crippen molar-refractivity contribution in [2.24, 2.45) is 11.5 Å². The summed E-state index contributed by atoms with van der Waals surface area (Å²) in [6.45, 7) is -0.277. The molecule has 13 heteroatoms. The molecule has 0 radical (unpaired) electrons. The number of para-hydroxylation sites is 1. The first-order valence-electron chi connectivity index (χ1n) is 12.5. The number of carbonyl (C=O) groups excluding carboxylic acids is 3. The Kier molecular flexibility index (Phi) is 13.1. The van der Waals surface area contributed by atoms with E-state index in [1.165, 1.54) is 11.8 Å². The number of hydrogen-bond acceptors (Lipinski definition) is 8. The number of rotatable bonds is 17. The smallest absolute Gasteiger partial charge is 0.326 e. The Morgan fingerprint density at radius 2 is 1.63 bits per heavy atom. The fraction of sp³-hybridized carbons (Fsp3) is 0.520. The number of nitrogens with two attached hydrogens (primary N) is 2.